The maximum Gasteiger partial charge on any atom is 0.0468 e. The predicted octanol–water partition coefficient (Wildman–Crippen LogP) is 4.55. The van der Waals surface area contributed by atoms with Crippen LogP contribution in [0, 0.1) is 6.92 Å². The largest absolute Gasteiger partial charge is 0.306 e. The van der Waals surface area contributed by atoms with Gasteiger partial charge < -0.3 is 5.32 Å². The van der Waals surface area contributed by atoms with Gasteiger partial charge in [-0.3, -0.25) is 4.98 Å². The molecule has 2 aromatic rings. The van der Waals surface area contributed by atoms with E-state index in [2.05, 4.69) is 23.3 Å². The van der Waals surface area contributed by atoms with E-state index in [0.29, 0.717) is 10.0 Å². The lowest BCUT2D eigenvalue weighted by Gasteiger charge is -2.16. The normalized spacial score (nSPS) is 12.4. The monoisotopic (exact) mass is 294 g/mol. The number of nitrogens with one attached hydrogen (secondary N) is 1. The lowest BCUT2D eigenvalue weighted by molar-refractivity contribution is 0.574. The molecular formula is C15H16Cl2N2. The fourth-order valence-corrected chi connectivity index (χ4v) is 2.41. The van der Waals surface area contributed by atoms with Crippen molar-refractivity contribution in [3.05, 3.63) is 63.4 Å². The maximum atomic E-state index is 6.19. The van der Waals surface area contributed by atoms with Crippen molar-refractivity contribution < 1.29 is 0 Å². The van der Waals surface area contributed by atoms with Gasteiger partial charge in [-0.2, -0.15) is 0 Å². The molecule has 0 aliphatic rings. The van der Waals surface area contributed by atoms with Gasteiger partial charge in [0.2, 0.25) is 0 Å². The van der Waals surface area contributed by atoms with Crippen molar-refractivity contribution in [1.29, 1.82) is 0 Å². The molecule has 0 amide bonds. The summed E-state index contributed by atoms with van der Waals surface area (Å²) in [5.74, 6) is 0. The highest BCUT2D eigenvalue weighted by atomic mass is 35.5. The molecule has 0 fully saturated rings. The molecule has 1 heterocycles. The minimum atomic E-state index is 0.158. The smallest absolute Gasteiger partial charge is 0.0468 e. The predicted molar refractivity (Wildman–Crippen MR) is 80.7 cm³/mol. The molecule has 4 heteroatoms. The van der Waals surface area contributed by atoms with Crippen molar-refractivity contribution >= 4 is 23.2 Å². The van der Waals surface area contributed by atoms with E-state index in [9.17, 15) is 0 Å². The van der Waals surface area contributed by atoms with Crippen molar-refractivity contribution in [1.82, 2.24) is 10.3 Å². The van der Waals surface area contributed by atoms with E-state index in [-0.39, 0.29) is 6.04 Å². The number of hydrogen-bond donors (Lipinski definition) is 1. The quantitative estimate of drug-likeness (QED) is 0.895. The second-order valence-corrected chi connectivity index (χ2v) is 5.42. The molecule has 0 aliphatic carbocycles. The zero-order valence-electron chi connectivity index (χ0n) is 11.0. The Morgan fingerprint density at radius 1 is 1.21 bits per heavy atom. The molecule has 0 radical (unpaired) electrons. The van der Waals surface area contributed by atoms with Crippen LogP contribution < -0.4 is 5.32 Å². The van der Waals surface area contributed by atoms with Gasteiger partial charge in [-0.1, -0.05) is 35.3 Å². The number of pyridine rings is 1. The molecule has 1 aromatic carbocycles. The van der Waals surface area contributed by atoms with Gasteiger partial charge in [0, 0.05) is 34.5 Å². The maximum absolute atomic E-state index is 6.19. The molecule has 1 N–H and O–H groups in total. The van der Waals surface area contributed by atoms with Gasteiger partial charge in [0.1, 0.15) is 0 Å². The molecule has 1 aromatic heterocycles. The Kier molecular flexibility index (Phi) is 4.81. The fraction of sp³-hybridized carbons (Fsp3) is 0.267. The van der Waals surface area contributed by atoms with Crippen LogP contribution in [0.25, 0.3) is 0 Å². The highest BCUT2D eigenvalue weighted by molar-refractivity contribution is 6.35. The van der Waals surface area contributed by atoms with Crippen molar-refractivity contribution in [3.63, 3.8) is 0 Å². The Balaban J connectivity index is 2.01. The highest BCUT2D eigenvalue weighted by Gasteiger charge is 2.09. The second-order valence-electron chi connectivity index (χ2n) is 4.58. The minimum absolute atomic E-state index is 0.158. The Hall–Kier alpha value is -1.09. The van der Waals surface area contributed by atoms with E-state index in [1.54, 1.807) is 6.07 Å². The fourth-order valence-electron chi connectivity index (χ4n) is 1.84. The first-order valence-corrected chi connectivity index (χ1v) is 6.91. The van der Waals surface area contributed by atoms with Crippen molar-refractivity contribution in [2.24, 2.45) is 0 Å². The summed E-state index contributed by atoms with van der Waals surface area (Å²) in [7, 11) is 0. The summed E-state index contributed by atoms with van der Waals surface area (Å²) in [5.41, 5.74) is 3.23. The van der Waals surface area contributed by atoms with Crippen LogP contribution in [-0.4, -0.2) is 4.98 Å². The summed E-state index contributed by atoms with van der Waals surface area (Å²) in [6, 6.07) is 9.82. The first-order valence-electron chi connectivity index (χ1n) is 6.16. The summed E-state index contributed by atoms with van der Waals surface area (Å²) in [6.45, 7) is 4.82. The van der Waals surface area contributed by atoms with Gasteiger partial charge in [-0.05, 0) is 43.2 Å². The molecule has 0 saturated heterocycles. The van der Waals surface area contributed by atoms with Gasteiger partial charge >= 0.3 is 0 Å². The third kappa shape index (κ3) is 3.93. The lowest BCUT2D eigenvalue weighted by atomic mass is 10.1. The number of benzene rings is 1. The van der Waals surface area contributed by atoms with E-state index in [1.807, 2.05) is 31.3 Å². The molecule has 2 nitrogen and oxygen atoms in total. The average molecular weight is 295 g/mol. The molecule has 19 heavy (non-hydrogen) atoms. The molecular weight excluding hydrogens is 279 g/mol. The van der Waals surface area contributed by atoms with Crippen LogP contribution in [0.2, 0.25) is 10.0 Å². The molecule has 100 valence electrons. The molecule has 1 atom stereocenters. The van der Waals surface area contributed by atoms with Gasteiger partial charge in [-0.15, -0.1) is 0 Å². The van der Waals surface area contributed by atoms with Gasteiger partial charge in [0.05, 0.1) is 0 Å². The first-order chi connectivity index (χ1) is 9.06. The zero-order valence-corrected chi connectivity index (χ0v) is 12.5. The molecule has 0 spiro atoms. The molecule has 2 rings (SSSR count). The first kappa shape index (κ1) is 14.3. The number of aromatic nitrogens is 1. The zero-order chi connectivity index (χ0) is 13.8. The Morgan fingerprint density at radius 3 is 2.63 bits per heavy atom. The van der Waals surface area contributed by atoms with Crippen LogP contribution in [-0.2, 0) is 6.54 Å². The van der Waals surface area contributed by atoms with Crippen molar-refractivity contribution in [2.45, 2.75) is 26.4 Å². The number of halogens is 2. The van der Waals surface area contributed by atoms with Crippen molar-refractivity contribution in [2.75, 3.05) is 0 Å². The van der Waals surface area contributed by atoms with Gasteiger partial charge in [0.25, 0.3) is 0 Å². The average Bonchev–Trinajstić information content (AvgIpc) is 2.37. The van der Waals surface area contributed by atoms with Crippen LogP contribution in [0.3, 0.4) is 0 Å². The summed E-state index contributed by atoms with van der Waals surface area (Å²) in [5, 5.41) is 4.77. The third-order valence-electron chi connectivity index (χ3n) is 3.01. The van der Waals surface area contributed by atoms with E-state index in [0.717, 1.165) is 23.4 Å². The highest BCUT2D eigenvalue weighted by Crippen LogP contribution is 2.26. The summed E-state index contributed by atoms with van der Waals surface area (Å²) < 4.78 is 0. The van der Waals surface area contributed by atoms with Crippen LogP contribution in [0.4, 0.5) is 0 Å². The molecule has 0 aliphatic heterocycles. The molecule has 0 bridgehead atoms. The molecule has 1 unspecified atom stereocenters. The van der Waals surface area contributed by atoms with Gasteiger partial charge in [0.15, 0.2) is 0 Å². The Labute approximate surface area is 123 Å². The summed E-state index contributed by atoms with van der Waals surface area (Å²) >= 11 is 12.1. The van der Waals surface area contributed by atoms with Crippen molar-refractivity contribution in [3.8, 4) is 0 Å². The number of nitrogens with zero attached hydrogens (tertiary/aromatic N) is 1. The number of rotatable bonds is 4. The molecule has 0 saturated carbocycles. The lowest BCUT2D eigenvalue weighted by Crippen LogP contribution is -2.18. The summed E-state index contributed by atoms with van der Waals surface area (Å²) in [4.78, 5) is 4.28. The standard InChI is InChI=1S/C15H16Cl2N2/c1-10-3-4-12(8-18-10)9-19-11(2)14-6-5-13(16)7-15(14)17/h3-8,11,19H,9H2,1-2H3. The van der Waals surface area contributed by atoms with E-state index in [1.165, 1.54) is 0 Å². The minimum Gasteiger partial charge on any atom is -0.306 e. The number of hydrogen-bond acceptors (Lipinski definition) is 2. The van der Waals surface area contributed by atoms with Crippen LogP contribution in [0.15, 0.2) is 36.5 Å². The second kappa shape index (κ2) is 6.38. The van der Waals surface area contributed by atoms with Crippen LogP contribution in [0.1, 0.15) is 29.8 Å². The SMILES string of the molecule is Cc1ccc(CNC(C)c2ccc(Cl)cc2Cl)cn1. The Morgan fingerprint density at radius 2 is 2.00 bits per heavy atom. The topological polar surface area (TPSA) is 24.9 Å². The van der Waals surface area contributed by atoms with E-state index < -0.39 is 0 Å². The van der Waals surface area contributed by atoms with Crippen LogP contribution in [0.5, 0.6) is 0 Å². The Bertz CT molecular complexity index is 553. The third-order valence-corrected chi connectivity index (χ3v) is 3.58. The summed E-state index contributed by atoms with van der Waals surface area (Å²) in [6.07, 6.45) is 1.89. The van der Waals surface area contributed by atoms with Crippen LogP contribution >= 0.6 is 23.2 Å². The van der Waals surface area contributed by atoms with E-state index >= 15 is 0 Å². The number of aryl methyl sites for hydroxylation is 1. The van der Waals surface area contributed by atoms with Gasteiger partial charge in [-0.25, -0.2) is 0 Å². The van der Waals surface area contributed by atoms with E-state index in [4.69, 9.17) is 23.2 Å².